The van der Waals surface area contributed by atoms with Crippen molar-refractivity contribution in [3.63, 3.8) is 0 Å². The molecule has 264 valence electrons. The number of aromatic amines is 2. The zero-order chi connectivity index (χ0) is 36.9. The minimum absolute atomic E-state index is 0.00539. The molecule has 51 heavy (non-hydrogen) atoms. The molecule has 0 unspecified atom stereocenters. The van der Waals surface area contributed by atoms with Gasteiger partial charge in [-0.15, -0.1) is 5.06 Å². The van der Waals surface area contributed by atoms with Gasteiger partial charge in [0.15, 0.2) is 0 Å². The molecule has 3 aromatic rings. The normalized spacial score (nSPS) is 17.3. The molecule has 0 aromatic carbocycles. The van der Waals surface area contributed by atoms with Crippen LogP contribution in [0.3, 0.4) is 0 Å². The molecule has 8 bridgehead atoms. The van der Waals surface area contributed by atoms with Crippen LogP contribution >= 0.6 is 0 Å². The van der Waals surface area contributed by atoms with E-state index in [0.717, 1.165) is 44.3 Å². The zero-order valence-corrected chi connectivity index (χ0v) is 29.1. The van der Waals surface area contributed by atoms with Crippen LogP contribution in [0.15, 0.2) is 24.8 Å². The van der Waals surface area contributed by atoms with Gasteiger partial charge in [0.05, 0.1) is 29.1 Å². The SMILES string of the molecule is C=Cc1c(C)c2cc3nc(c(CC(=O)O)c4nc(cc5[nH]c(cc1[nH]2)c(C)c5CC)C(C)=C4C(=O)O)[C@@H](CCC(=O)ON1C(=O)CCC1=O)[C@@H]3C. The van der Waals surface area contributed by atoms with E-state index in [9.17, 15) is 34.2 Å². The number of nitrogens with one attached hydrogen (secondary N) is 2. The molecule has 4 N–H and O–H groups in total. The summed E-state index contributed by atoms with van der Waals surface area (Å²) < 4.78 is 0. The molecule has 2 atom stereocenters. The largest absolute Gasteiger partial charge is 0.481 e. The van der Waals surface area contributed by atoms with Crippen LogP contribution in [0.2, 0.25) is 0 Å². The van der Waals surface area contributed by atoms with Crippen molar-refractivity contribution in [2.24, 2.45) is 0 Å². The average molecular weight is 694 g/mol. The van der Waals surface area contributed by atoms with Gasteiger partial charge in [-0.1, -0.05) is 26.5 Å². The first-order valence-electron chi connectivity index (χ1n) is 16.8. The first-order chi connectivity index (χ1) is 24.2. The highest BCUT2D eigenvalue weighted by atomic mass is 16.7. The van der Waals surface area contributed by atoms with Gasteiger partial charge < -0.3 is 25.0 Å². The summed E-state index contributed by atoms with van der Waals surface area (Å²) in [6.07, 6.45) is 1.66. The monoisotopic (exact) mass is 693 g/mol. The van der Waals surface area contributed by atoms with E-state index in [1.807, 2.05) is 39.8 Å². The highest BCUT2D eigenvalue weighted by Crippen LogP contribution is 2.44. The fraction of sp³-hybridized carbons (Fsp3) is 0.342. The molecule has 13 heteroatoms. The maximum absolute atomic E-state index is 13.0. The lowest BCUT2D eigenvalue weighted by Gasteiger charge is -2.19. The Morgan fingerprint density at radius 1 is 0.961 bits per heavy atom. The standard InChI is InChI=1S/C38H39N5O8/c1-7-21-17(3)25-14-27-19(5)23(9-12-34(48)51-43-31(44)10-11-32(43)45)36(41-27)24(13-33(46)47)37-35(38(49)50)20(6)28(42-37)16-30-22(8-2)18(4)26(40-30)15-29(21)39-25/h7,14-16,19,23,39-40H,1,8-13H2,2-6H3,(H,46,47)(H,49,50)/t19-,23-/m0/s1. The van der Waals surface area contributed by atoms with Crippen LogP contribution in [0.5, 0.6) is 0 Å². The lowest BCUT2D eigenvalue weighted by Crippen LogP contribution is -2.32. The van der Waals surface area contributed by atoms with Crippen LogP contribution in [0.25, 0.3) is 39.3 Å². The summed E-state index contributed by atoms with van der Waals surface area (Å²) in [5.41, 5.74) is 8.61. The molecule has 2 amide bonds. The summed E-state index contributed by atoms with van der Waals surface area (Å²) in [7, 11) is 0. The number of aliphatic carboxylic acids is 2. The van der Waals surface area contributed by atoms with Crippen LogP contribution in [-0.4, -0.2) is 64.9 Å². The predicted octanol–water partition coefficient (Wildman–Crippen LogP) is 6.05. The number of carboxylic acids is 2. The van der Waals surface area contributed by atoms with Gasteiger partial charge in [0.1, 0.15) is 0 Å². The number of imide groups is 1. The van der Waals surface area contributed by atoms with Crippen molar-refractivity contribution in [2.75, 3.05) is 0 Å². The minimum Gasteiger partial charge on any atom is -0.481 e. The summed E-state index contributed by atoms with van der Waals surface area (Å²) in [4.78, 5) is 84.3. The quantitative estimate of drug-likeness (QED) is 0.191. The number of hydrogen-bond donors (Lipinski definition) is 4. The molecule has 0 spiro atoms. The first kappa shape index (κ1) is 35.0. The lowest BCUT2D eigenvalue weighted by molar-refractivity contribution is -0.197. The predicted molar refractivity (Wildman–Crippen MR) is 189 cm³/mol. The van der Waals surface area contributed by atoms with Gasteiger partial charge in [0.2, 0.25) is 0 Å². The molecule has 0 aliphatic carbocycles. The van der Waals surface area contributed by atoms with Crippen molar-refractivity contribution in [3.8, 4) is 0 Å². The van der Waals surface area contributed by atoms with Crippen LogP contribution in [0.4, 0.5) is 0 Å². The van der Waals surface area contributed by atoms with Crippen molar-refractivity contribution in [3.05, 3.63) is 75.4 Å². The molecule has 3 aromatic heterocycles. The van der Waals surface area contributed by atoms with Crippen LogP contribution < -0.4 is 0 Å². The molecular weight excluding hydrogens is 654 g/mol. The number of carbonyl (C=O) groups is 5. The third-order valence-electron chi connectivity index (χ3n) is 10.1. The van der Waals surface area contributed by atoms with E-state index in [1.165, 1.54) is 0 Å². The second kappa shape index (κ2) is 13.5. The number of aryl methyl sites for hydroxylation is 3. The van der Waals surface area contributed by atoms with E-state index >= 15 is 0 Å². The van der Waals surface area contributed by atoms with Crippen molar-refractivity contribution in [1.82, 2.24) is 25.0 Å². The molecule has 3 aliphatic heterocycles. The number of carboxylic acid groups (broad SMARTS) is 2. The number of nitrogens with zero attached hydrogens (tertiary/aromatic N) is 3. The summed E-state index contributed by atoms with van der Waals surface area (Å²) in [5.74, 6) is -5.45. The Labute approximate surface area is 293 Å². The summed E-state index contributed by atoms with van der Waals surface area (Å²) in [6.45, 7) is 13.6. The topological polar surface area (TPSA) is 196 Å². The number of hydroxylamine groups is 2. The van der Waals surface area contributed by atoms with Crippen molar-refractivity contribution in [2.45, 2.75) is 85.0 Å². The van der Waals surface area contributed by atoms with Gasteiger partial charge in [0, 0.05) is 70.0 Å². The Bertz CT molecular complexity index is 2240. The van der Waals surface area contributed by atoms with Gasteiger partial charge in [-0.05, 0) is 74.1 Å². The Balaban J connectivity index is 1.65. The number of fused-ring (bicyclic) bond motifs is 8. The zero-order valence-electron chi connectivity index (χ0n) is 29.1. The van der Waals surface area contributed by atoms with Crippen molar-refractivity contribution < 1.29 is 39.0 Å². The molecular formula is C38H39N5O8. The van der Waals surface area contributed by atoms with E-state index in [2.05, 4.69) is 16.5 Å². The summed E-state index contributed by atoms with van der Waals surface area (Å²) >= 11 is 0. The Hall–Kier alpha value is -5.85. The van der Waals surface area contributed by atoms with Crippen molar-refractivity contribution >= 4 is 69.0 Å². The second-order valence-electron chi connectivity index (χ2n) is 13.1. The highest BCUT2D eigenvalue weighted by molar-refractivity contribution is 6.24. The van der Waals surface area contributed by atoms with Crippen molar-refractivity contribution in [1.29, 1.82) is 0 Å². The van der Waals surface area contributed by atoms with Gasteiger partial charge >= 0.3 is 17.9 Å². The average Bonchev–Trinajstić information content (AvgIpc) is 3.83. The van der Waals surface area contributed by atoms with Gasteiger partial charge in [0.25, 0.3) is 11.8 Å². The number of amides is 2. The fourth-order valence-corrected chi connectivity index (χ4v) is 7.33. The number of aromatic nitrogens is 4. The first-order valence-corrected chi connectivity index (χ1v) is 16.8. The van der Waals surface area contributed by atoms with Gasteiger partial charge in [-0.3, -0.25) is 19.4 Å². The molecule has 6 heterocycles. The summed E-state index contributed by atoms with van der Waals surface area (Å²) in [5, 5.41) is 21.1. The highest BCUT2D eigenvalue weighted by Gasteiger charge is 2.37. The number of carbonyl (C=O) groups excluding carboxylic acids is 3. The number of H-pyrrole nitrogens is 2. The van der Waals surface area contributed by atoms with E-state index in [-0.39, 0.29) is 48.4 Å². The molecule has 1 fully saturated rings. The minimum atomic E-state index is -1.27. The maximum Gasteiger partial charge on any atom is 0.338 e. The van der Waals surface area contributed by atoms with E-state index in [4.69, 9.17) is 14.8 Å². The smallest absolute Gasteiger partial charge is 0.338 e. The van der Waals surface area contributed by atoms with E-state index < -0.39 is 42.1 Å². The lowest BCUT2D eigenvalue weighted by atomic mass is 9.84. The molecule has 1 saturated heterocycles. The molecule has 0 saturated carbocycles. The van der Waals surface area contributed by atoms with Gasteiger partial charge in [-0.25, -0.2) is 14.6 Å². The van der Waals surface area contributed by atoms with Crippen LogP contribution in [-0.2, 0) is 41.7 Å². The molecule has 6 rings (SSSR count). The fourth-order valence-electron chi connectivity index (χ4n) is 7.33. The Morgan fingerprint density at radius 3 is 2.25 bits per heavy atom. The van der Waals surface area contributed by atoms with E-state index in [1.54, 1.807) is 19.1 Å². The third-order valence-corrected chi connectivity index (χ3v) is 10.1. The molecule has 13 nitrogen and oxygen atoms in total. The second-order valence-corrected chi connectivity index (χ2v) is 13.1. The van der Waals surface area contributed by atoms with Crippen LogP contribution in [0.1, 0.15) is 109 Å². The molecule has 0 radical (unpaired) electrons. The number of allylic oxidation sites excluding steroid dienone is 1. The Morgan fingerprint density at radius 2 is 1.63 bits per heavy atom. The summed E-state index contributed by atoms with van der Waals surface area (Å²) in [6, 6.07) is 5.68. The van der Waals surface area contributed by atoms with E-state index in [0.29, 0.717) is 34.1 Å². The Kier molecular flexibility index (Phi) is 9.24. The maximum atomic E-state index is 13.0. The number of rotatable bonds is 9. The third kappa shape index (κ3) is 6.24. The van der Waals surface area contributed by atoms with Crippen LogP contribution in [0, 0.1) is 13.8 Å². The van der Waals surface area contributed by atoms with Gasteiger partial charge in [-0.2, -0.15) is 0 Å². The molecule has 3 aliphatic rings. The number of hydrogen-bond acceptors (Lipinski definition) is 8.